The monoisotopic (exact) mass is 975 g/mol. The number of hydrogen-bond acceptors (Lipinski definition) is 3. The summed E-state index contributed by atoms with van der Waals surface area (Å²) in [4.78, 5) is 16.0. The van der Waals surface area contributed by atoms with E-state index in [0.29, 0.717) is 0 Å². The summed E-state index contributed by atoms with van der Waals surface area (Å²) in [5.41, 5.74) is 18.4. The number of pyridine rings is 3. The van der Waals surface area contributed by atoms with E-state index in [-0.39, 0.29) is 0 Å². The number of para-hydroxylation sites is 1. The van der Waals surface area contributed by atoms with E-state index >= 15 is 0 Å². The van der Waals surface area contributed by atoms with Crippen LogP contribution in [0.25, 0.3) is 132 Å². The van der Waals surface area contributed by atoms with Gasteiger partial charge in [-0.05, 0) is 125 Å². The molecule has 0 N–H and O–H groups in total. The number of rotatable bonds is 6. The molecule has 1 aliphatic carbocycles. The number of benzene rings is 12. The first kappa shape index (κ1) is 43.3. The molecule has 0 saturated heterocycles. The molecule has 77 heavy (non-hydrogen) atoms. The normalized spacial score (nSPS) is 12.8. The molecular weight excluding hydrogens is 931 g/mol. The fraction of sp³-hybridized carbons (Fsp3) is 0.0135. The predicted octanol–water partition coefficient (Wildman–Crippen LogP) is 19.0. The summed E-state index contributed by atoms with van der Waals surface area (Å²) in [5.74, 6) is 0. The SMILES string of the molecule is c1ccc(-c2ccc3ccc4ccc(-c5ccc6c7ccc(-c8ccc(-c9nc%10ccccc%10c%10cc%11c(cc9%10)-c9ccccc9C%11(c9ccccc9)c9ccccc9)cc8)cc7c7ccccc7c6c5)nc4c3n2)cc1. The molecule has 16 rings (SSSR count). The zero-order valence-corrected chi connectivity index (χ0v) is 41.8. The van der Waals surface area contributed by atoms with E-state index < -0.39 is 5.41 Å². The van der Waals surface area contributed by atoms with Crippen molar-refractivity contribution in [2.45, 2.75) is 5.41 Å². The number of aromatic nitrogens is 3. The second-order valence-electron chi connectivity index (χ2n) is 20.6. The van der Waals surface area contributed by atoms with Crippen molar-refractivity contribution in [1.29, 1.82) is 0 Å². The fourth-order valence-corrected chi connectivity index (χ4v) is 12.9. The predicted molar refractivity (Wildman–Crippen MR) is 321 cm³/mol. The summed E-state index contributed by atoms with van der Waals surface area (Å²) in [6, 6.07) is 99.6. The summed E-state index contributed by atoms with van der Waals surface area (Å²) in [7, 11) is 0. The highest BCUT2D eigenvalue weighted by molar-refractivity contribution is 6.26. The highest BCUT2D eigenvalue weighted by Crippen LogP contribution is 2.57. The van der Waals surface area contributed by atoms with Gasteiger partial charge in [0.1, 0.15) is 0 Å². The molecule has 3 nitrogen and oxygen atoms in total. The van der Waals surface area contributed by atoms with Crippen LogP contribution in [0.1, 0.15) is 22.3 Å². The molecular formula is C74H45N3. The van der Waals surface area contributed by atoms with Gasteiger partial charge in [0, 0.05) is 38.2 Å². The lowest BCUT2D eigenvalue weighted by atomic mass is 9.67. The summed E-state index contributed by atoms with van der Waals surface area (Å²) in [6.07, 6.45) is 0. The summed E-state index contributed by atoms with van der Waals surface area (Å²) in [5, 5.41) is 13.0. The Bertz CT molecular complexity index is 4830. The number of fused-ring (bicyclic) bond motifs is 15. The molecule has 3 heterocycles. The second-order valence-corrected chi connectivity index (χ2v) is 20.6. The van der Waals surface area contributed by atoms with Gasteiger partial charge in [-0.2, -0.15) is 0 Å². The summed E-state index contributed by atoms with van der Waals surface area (Å²) in [6.45, 7) is 0. The van der Waals surface area contributed by atoms with Gasteiger partial charge in [-0.25, -0.2) is 15.0 Å². The molecule has 15 aromatic rings. The zero-order chi connectivity index (χ0) is 50.6. The van der Waals surface area contributed by atoms with Gasteiger partial charge >= 0.3 is 0 Å². The van der Waals surface area contributed by atoms with Gasteiger partial charge in [0.05, 0.1) is 39.0 Å². The van der Waals surface area contributed by atoms with E-state index in [4.69, 9.17) is 15.0 Å². The van der Waals surface area contributed by atoms with Crippen LogP contribution in [0.3, 0.4) is 0 Å². The first-order valence-corrected chi connectivity index (χ1v) is 26.5. The Morgan fingerprint density at radius 2 is 0.727 bits per heavy atom. The Balaban J connectivity index is 0.803. The Morgan fingerprint density at radius 3 is 1.39 bits per heavy atom. The molecule has 0 radical (unpaired) electrons. The quantitative estimate of drug-likeness (QED) is 0.156. The highest BCUT2D eigenvalue weighted by Gasteiger charge is 2.46. The standard InChI is InChI=1S/C74H45N3/c1-4-16-47(17-5-1)68-40-36-49-32-33-50-37-41-69(76-73(50)72(49)75-68)52-35-39-58-57-38-34-51(42-61(57)55-22-10-11-23-56(55)62(58)43-52)46-28-30-48(31-29-46)71-65-44-64-59-24-12-14-26-66(59)74(53-18-6-2-7-19-53,54-20-8-3-9-21-54)67(64)45-63(65)60-25-13-15-27-70(60)77-71/h1-45H. The maximum Gasteiger partial charge on any atom is 0.0972 e. The Hall–Kier alpha value is -10.1. The number of hydrogen-bond donors (Lipinski definition) is 0. The van der Waals surface area contributed by atoms with Crippen LogP contribution in [0.5, 0.6) is 0 Å². The second kappa shape index (κ2) is 17.0. The molecule has 0 fully saturated rings. The van der Waals surface area contributed by atoms with Crippen LogP contribution in [0, 0.1) is 0 Å². The maximum atomic E-state index is 5.47. The van der Waals surface area contributed by atoms with Gasteiger partial charge in [-0.15, -0.1) is 0 Å². The van der Waals surface area contributed by atoms with Crippen LogP contribution in [-0.4, -0.2) is 15.0 Å². The molecule has 3 aromatic heterocycles. The van der Waals surface area contributed by atoms with Crippen molar-refractivity contribution in [3.8, 4) is 56.0 Å². The lowest BCUT2D eigenvalue weighted by Crippen LogP contribution is -2.28. The van der Waals surface area contributed by atoms with E-state index in [1.54, 1.807) is 0 Å². The zero-order valence-electron chi connectivity index (χ0n) is 41.8. The Labute approximate surface area is 445 Å². The van der Waals surface area contributed by atoms with Crippen LogP contribution >= 0.6 is 0 Å². The number of nitrogens with zero attached hydrogens (tertiary/aromatic N) is 3. The first-order chi connectivity index (χ1) is 38.2. The summed E-state index contributed by atoms with van der Waals surface area (Å²) >= 11 is 0. The van der Waals surface area contributed by atoms with E-state index in [1.807, 2.05) is 6.07 Å². The minimum atomic E-state index is -0.493. The minimum absolute atomic E-state index is 0.493. The Kier molecular flexibility index (Phi) is 9.55. The fourth-order valence-electron chi connectivity index (χ4n) is 12.9. The third kappa shape index (κ3) is 6.60. The van der Waals surface area contributed by atoms with Crippen molar-refractivity contribution < 1.29 is 0 Å². The van der Waals surface area contributed by atoms with Crippen molar-refractivity contribution in [2.75, 3.05) is 0 Å². The van der Waals surface area contributed by atoms with E-state index in [1.165, 1.54) is 76.6 Å². The minimum Gasteiger partial charge on any atom is -0.247 e. The van der Waals surface area contributed by atoms with Crippen LogP contribution < -0.4 is 0 Å². The van der Waals surface area contributed by atoms with Gasteiger partial charge in [-0.3, -0.25) is 0 Å². The summed E-state index contributed by atoms with van der Waals surface area (Å²) < 4.78 is 0. The van der Waals surface area contributed by atoms with Gasteiger partial charge in [0.2, 0.25) is 0 Å². The van der Waals surface area contributed by atoms with Crippen LogP contribution in [0.15, 0.2) is 273 Å². The van der Waals surface area contributed by atoms with Gasteiger partial charge in [-0.1, -0.05) is 231 Å². The van der Waals surface area contributed by atoms with Crippen LogP contribution in [-0.2, 0) is 5.41 Å². The first-order valence-electron chi connectivity index (χ1n) is 26.5. The largest absolute Gasteiger partial charge is 0.247 e. The van der Waals surface area contributed by atoms with Crippen molar-refractivity contribution in [3.63, 3.8) is 0 Å². The van der Waals surface area contributed by atoms with Crippen LogP contribution in [0.2, 0.25) is 0 Å². The van der Waals surface area contributed by atoms with Gasteiger partial charge < -0.3 is 0 Å². The van der Waals surface area contributed by atoms with Gasteiger partial charge in [0.25, 0.3) is 0 Å². The smallest absolute Gasteiger partial charge is 0.0972 e. The van der Waals surface area contributed by atoms with Crippen molar-refractivity contribution in [3.05, 3.63) is 295 Å². The lowest BCUT2D eigenvalue weighted by Gasteiger charge is -2.34. The molecule has 0 saturated carbocycles. The average Bonchev–Trinajstić information content (AvgIpc) is 3.99. The maximum absolute atomic E-state index is 5.47. The average molecular weight is 976 g/mol. The molecule has 0 amide bonds. The Morgan fingerprint density at radius 1 is 0.247 bits per heavy atom. The molecule has 0 atom stereocenters. The molecule has 12 aromatic carbocycles. The van der Waals surface area contributed by atoms with E-state index in [2.05, 4.69) is 267 Å². The molecule has 1 aliphatic rings. The topological polar surface area (TPSA) is 38.7 Å². The van der Waals surface area contributed by atoms with E-state index in [0.717, 1.165) is 77.4 Å². The van der Waals surface area contributed by atoms with Crippen molar-refractivity contribution >= 4 is 75.8 Å². The molecule has 3 heteroatoms. The van der Waals surface area contributed by atoms with Gasteiger partial charge in [0.15, 0.2) is 0 Å². The van der Waals surface area contributed by atoms with E-state index in [9.17, 15) is 0 Å². The molecule has 356 valence electrons. The third-order valence-corrected chi connectivity index (χ3v) is 16.5. The van der Waals surface area contributed by atoms with Crippen molar-refractivity contribution in [1.82, 2.24) is 15.0 Å². The lowest BCUT2D eigenvalue weighted by molar-refractivity contribution is 0.769. The van der Waals surface area contributed by atoms with Crippen molar-refractivity contribution in [2.24, 2.45) is 0 Å². The van der Waals surface area contributed by atoms with Crippen LogP contribution in [0.4, 0.5) is 0 Å². The third-order valence-electron chi connectivity index (χ3n) is 16.5. The highest BCUT2D eigenvalue weighted by atomic mass is 14.8. The molecule has 0 unspecified atom stereocenters. The molecule has 0 aliphatic heterocycles. The molecule has 0 spiro atoms. The molecule has 0 bridgehead atoms.